The molecule has 1 atom stereocenters. The molecule has 0 bridgehead atoms. The first-order valence-corrected chi connectivity index (χ1v) is 8.61. The molecule has 2 aromatic rings. The first kappa shape index (κ1) is 16.9. The molecule has 0 aliphatic carbocycles. The first-order chi connectivity index (χ1) is 11.5. The molecule has 0 radical (unpaired) electrons. The van der Waals surface area contributed by atoms with Crippen molar-refractivity contribution >= 4 is 22.3 Å². The van der Waals surface area contributed by atoms with Gasteiger partial charge in [0, 0.05) is 63.7 Å². The van der Waals surface area contributed by atoms with Gasteiger partial charge in [0.05, 0.1) is 12.7 Å². The maximum Gasteiger partial charge on any atom is 0.293 e. The summed E-state index contributed by atoms with van der Waals surface area (Å²) in [5.74, 6) is 0.441. The Labute approximate surface area is 144 Å². The van der Waals surface area contributed by atoms with Gasteiger partial charge in [0.2, 0.25) is 0 Å². The monoisotopic (exact) mass is 350 g/mol. The lowest BCUT2D eigenvalue weighted by Gasteiger charge is -2.34. The van der Waals surface area contributed by atoms with E-state index in [4.69, 9.17) is 10.5 Å². The van der Waals surface area contributed by atoms with Crippen LogP contribution in [0.4, 0.5) is 10.9 Å². The van der Waals surface area contributed by atoms with Crippen LogP contribution < -0.4 is 16.2 Å². The Morgan fingerprint density at radius 1 is 1.50 bits per heavy atom. The van der Waals surface area contributed by atoms with Gasteiger partial charge >= 0.3 is 0 Å². The second-order valence-corrected chi connectivity index (χ2v) is 7.09. The van der Waals surface area contributed by atoms with E-state index in [-0.39, 0.29) is 11.7 Å². The van der Waals surface area contributed by atoms with Gasteiger partial charge in [-0.15, -0.1) is 11.3 Å². The van der Waals surface area contributed by atoms with Crippen molar-refractivity contribution < 1.29 is 4.74 Å². The highest BCUT2D eigenvalue weighted by molar-refractivity contribution is 7.15. The third-order valence-corrected chi connectivity index (χ3v) is 4.82. The first-order valence-electron chi connectivity index (χ1n) is 7.80. The lowest BCUT2D eigenvalue weighted by molar-refractivity contribution is -0.0262. The molecule has 3 rings (SSSR count). The molecule has 1 saturated heterocycles. The van der Waals surface area contributed by atoms with Crippen LogP contribution in [0.1, 0.15) is 4.88 Å². The molecule has 130 valence electrons. The number of likely N-dealkylation sites (N-methyl/N-ethyl adjacent to an activating group) is 1. The minimum Gasteiger partial charge on any atom is -0.375 e. The molecular weight excluding hydrogens is 328 g/mol. The van der Waals surface area contributed by atoms with Gasteiger partial charge in [-0.05, 0) is 0 Å². The summed E-state index contributed by atoms with van der Waals surface area (Å²) in [5, 5.41) is 0.598. The van der Waals surface area contributed by atoms with Gasteiger partial charge in [-0.1, -0.05) is 0 Å². The Balaban J connectivity index is 1.60. The minimum absolute atomic E-state index is 0.0285. The summed E-state index contributed by atoms with van der Waals surface area (Å²) in [7, 11) is 3.59. The highest BCUT2D eigenvalue weighted by Crippen LogP contribution is 2.18. The number of morpholine rings is 1. The van der Waals surface area contributed by atoms with Crippen molar-refractivity contribution in [3.05, 3.63) is 33.8 Å². The van der Waals surface area contributed by atoms with Crippen molar-refractivity contribution in [1.82, 2.24) is 19.4 Å². The summed E-state index contributed by atoms with van der Waals surface area (Å²) >= 11 is 1.52. The van der Waals surface area contributed by atoms with Gasteiger partial charge in [-0.2, -0.15) is 0 Å². The fourth-order valence-corrected chi connectivity index (χ4v) is 3.52. The molecule has 8 nitrogen and oxygen atoms in total. The molecule has 9 heteroatoms. The minimum atomic E-state index is -0.104. The molecule has 3 heterocycles. The number of nitrogens with two attached hydrogens (primary N) is 1. The van der Waals surface area contributed by atoms with Crippen molar-refractivity contribution in [1.29, 1.82) is 0 Å². The summed E-state index contributed by atoms with van der Waals surface area (Å²) < 4.78 is 7.39. The Hall–Kier alpha value is -1.97. The van der Waals surface area contributed by atoms with Crippen LogP contribution in [0.3, 0.4) is 0 Å². The zero-order valence-electron chi connectivity index (χ0n) is 13.9. The number of hydrogen-bond donors (Lipinski definition) is 1. The Bertz CT molecular complexity index is 746. The molecule has 0 amide bonds. The van der Waals surface area contributed by atoms with E-state index in [1.54, 1.807) is 19.4 Å². The van der Waals surface area contributed by atoms with Gasteiger partial charge in [-0.3, -0.25) is 9.69 Å². The van der Waals surface area contributed by atoms with Crippen LogP contribution in [-0.4, -0.2) is 58.8 Å². The summed E-state index contributed by atoms with van der Waals surface area (Å²) in [6, 6.07) is 0. The van der Waals surface area contributed by atoms with Crippen molar-refractivity contribution in [3.63, 3.8) is 0 Å². The number of ether oxygens (including phenoxy) is 1. The van der Waals surface area contributed by atoms with Crippen molar-refractivity contribution in [2.75, 3.05) is 43.9 Å². The fraction of sp³-hybridized carbons (Fsp3) is 0.533. The molecule has 1 aliphatic heterocycles. The summed E-state index contributed by atoms with van der Waals surface area (Å²) in [4.78, 5) is 25.8. The smallest absolute Gasteiger partial charge is 0.293 e. The number of hydrogen-bond acceptors (Lipinski definition) is 8. The number of aryl methyl sites for hydroxylation is 1. The van der Waals surface area contributed by atoms with Gasteiger partial charge in [0.15, 0.2) is 10.9 Å². The van der Waals surface area contributed by atoms with Crippen LogP contribution in [0.2, 0.25) is 0 Å². The van der Waals surface area contributed by atoms with Gasteiger partial charge in [-0.25, -0.2) is 9.97 Å². The normalized spacial score (nSPS) is 18.7. The number of thiazole rings is 1. The number of aromatic nitrogens is 3. The molecule has 24 heavy (non-hydrogen) atoms. The van der Waals surface area contributed by atoms with E-state index in [1.165, 1.54) is 15.9 Å². The zero-order chi connectivity index (χ0) is 17.1. The standard InChI is InChI=1S/C15H22N6O2S/c1-19-4-3-17-13(14(19)22)20(2)8-11-9-21(5-6-23-11)10-12-7-18-15(16)24-12/h3-4,7,11H,5-6,8-10H2,1-2H3,(H2,16,18). The van der Waals surface area contributed by atoms with Crippen molar-refractivity contribution in [2.45, 2.75) is 12.6 Å². The number of anilines is 2. The van der Waals surface area contributed by atoms with E-state index >= 15 is 0 Å². The molecule has 2 aromatic heterocycles. The Morgan fingerprint density at radius 2 is 2.33 bits per heavy atom. The van der Waals surface area contributed by atoms with Crippen LogP contribution in [-0.2, 0) is 18.3 Å². The average molecular weight is 350 g/mol. The largest absolute Gasteiger partial charge is 0.375 e. The van der Waals surface area contributed by atoms with Gasteiger partial charge in [0.1, 0.15) is 0 Å². The van der Waals surface area contributed by atoms with Crippen molar-refractivity contribution in [2.24, 2.45) is 7.05 Å². The fourth-order valence-electron chi connectivity index (χ4n) is 2.79. The highest BCUT2D eigenvalue weighted by Gasteiger charge is 2.23. The maximum atomic E-state index is 12.1. The van der Waals surface area contributed by atoms with Crippen LogP contribution in [0, 0.1) is 0 Å². The Kier molecular flexibility index (Phi) is 5.12. The second kappa shape index (κ2) is 7.29. The van der Waals surface area contributed by atoms with E-state index in [0.717, 1.165) is 24.5 Å². The highest BCUT2D eigenvalue weighted by atomic mass is 32.1. The summed E-state index contributed by atoms with van der Waals surface area (Å²) in [5.41, 5.74) is 5.58. The number of nitrogens with zero attached hydrogens (tertiary/aromatic N) is 5. The number of nitrogen functional groups attached to an aromatic ring is 1. The van der Waals surface area contributed by atoms with Crippen LogP contribution in [0.5, 0.6) is 0 Å². The molecular formula is C15H22N6O2S. The lowest BCUT2D eigenvalue weighted by Crippen LogP contribution is -2.47. The van der Waals surface area contributed by atoms with E-state index in [1.807, 2.05) is 18.1 Å². The van der Waals surface area contributed by atoms with E-state index in [2.05, 4.69) is 14.9 Å². The molecule has 2 N–H and O–H groups in total. The SMILES string of the molecule is CN(CC1CN(Cc2cnc(N)s2)CCO1)c1nccn(C)c1=O. The Morgan fingerprint density at radius 3 is 3.08 bits per heavy atom. The van der Waals surface area contributed by atoms with Gasteiger partial charge < -0.3 is 19.9 Å². The topological polar surface area (TPSA) is 89.5 Å². The van der Waals surface area contributed by atoms with Crippen molar-refractivity contribution in [3.8, 4) is 0 Å². The molecule has 1 unspecified atom stereocenters. The summed E-state index contributed by atoms with van der Waals surface area (Å²) in [6.07, 6.45) is 5.14. The second-order valence-electron chi connectivity index (χ2n) is 5.94. The quantitative estimate of drug-likeness (QED) is 0.821. The van der Waals surface area contributed by atoms with Crippen LogP contribution >= 0.6 is 11.3 Å². The van der Waals surface area contributed by atoms with E-state index in [9.17, 15) is 4.79 Å². The molecule has 0 spiro atoms. The average Bonchev–Trinajstić information content (AvgIpc) is 2.95. The van der Waals surface area contributed by atoms with Crippen LogP contribution in [0.15, 0.2) is 23.4 Å². The third-order valence-electron chi connectivity index (χ3n) is 4.01. The lowest BCUT2D eigenvalue weighted by atomic mass is 10.2. The van der Waals surface area contributed by atoms with Crippen LogP contribution in [0.25, 0.3) is 0 Å². The maximum absolute atomic E-state index is 12.1. The molecule has 1 fully saturated rings. The van der Waals surface area contributed by atoms with Gasteiger partial charge in [0.25, 0.3) is 5.56 Å². The zero-order valence-corrected chi connectivity index (χ0v) is 14.7. The predicted molar refractivity (Wildman–Crippen MR) is 94.3 cm³/mol. The third kappa shape index (κ3) is 3.92. The molecule has 0 aromatic carbocycles. The van der Waals surface area contributed by atoms with E-state index in [0.29, 0.717) is 24.1 Å². The number of rotatable bonds is 5. The molecule has 0 saturated carbocycles. The van der Waals surface area contributed by atoms with E-state index < -0.39 is 0 Å². The predicted octanol–water partition coefficient (Wildman–Crippen LogP) is 0.156. The summed E-state index contributed by atoms with van der Waals surface area (Å²) in [6.45, 7) is 3.79. The molecule has 1 aliphatic rings.